The third-order valence-corrected chi connectivity index (χ3v) is 3.67. The molecule has 0 spiro atoms. The highest BCUT2D eigenvalue weighted by Gasteiger charge is 2.11. The number of hydrogen-bond donors (Lipinski definition) is 1. The van der Waals surface area contributed by atoms with E-state index in [2.05, 4.69) is 40.9 Å². The molecule has 2 aromatic carbocycles. The molecule has 1 N–H and O–H groups in total. The third-order valence-electron chi connectivity index (χ3n) is 3.67. The Morgan fingerprint density at radius 2 is 1.82 bits per heavy atom. The van der Waals surface area contributed by atoms with Crippen molar-refractivity contribution in [1.29, 1.82) is 0 Å². The maximum Gasteiger partial charge on any atom is 0.330 e. The summed E-state index contributed by atoms with van der Waals surface area (Å²) in [6, 6.07) is 16.4. The van der Waals surface area contributed by atoms with Crippen LogP contribution in [0.1, 0.15) is 11.1 Å². The number of carbonyl (C=O) groups excluding carboxylic acids is 1. The van der Waals surface area contributed by atoms with Crippen molar-refractivity contribution in [1.82, 2.24) is 4.98 Å². The van der Waals surface area contributed by atoms with Crippen LogP contribution >= 0.6 is 0 Å². The number of esters is 1. The molecule has 0 saturated carbocycles. The molecule has 3 nitrogen and oxygen atoms in total. The number of benzene rings is 2. The van der Waals surface area contributed by atoms with Gasteiger partial charge in [-0.3, -0.25) is 0 Å². The van der Waals surface area contributed by atoms with Crippen molar-refractivity contribution >= 4 is 22.9 Å². The molecule has 0 saturated heterocycles. The quantitative estimate of drug-likeness (QED) is 0.576. The van der Waals surface area contributed by atoms with Gasteiger partial charge >= 0.3 is 5.97 Å². The van der Waals surface area contributed by atoms with Crippen LogP contribution in [0.3, 0.4) is 0 Å². The van der Waals surface area contributed by atoms with E-state index < -0.39 is 0 Å². The zero-order valence-corrected chi connectivity index (χ0v) is 12.6. The van der Waals surface area contributed by atoms with Gasteiger partial charge in [-0.15, -0.1) is 0 Å². The largest absolute Gasteiger partial charge is 0.466 e. The van der Waals surface area contributed by atoms with Crippen LogP contribution in [0.2, 0.25) is 0 Å². The van der Waals surface area contributed by atoms with Gasteiger partial charge in [-0.1, -0.05) is 48.0 Å². The summed E-state index contributed by atoms with van der Waals surface area (Å²) in [5.74, 6) is -0.361. The van der Waals surface area contributed by atoms with Gasteiger partial charge in [0.05, 0.1) is 12.8 Å². The first-order valence-corrected chi connectivity index (χ1v) is 7.13. The normalized spacial score (nSPS) is 11.2. The second kappa shape index (κ2) is 5.90. The summed E-state index contributed by atoms with van der Waals surface area (Å²) in [4.78, 5) is 14.9. The van der Waals surface area contributed by atoms with Crippen molar-refractivity contribution in [3.8, 4) is 11.3 Å². The molecule has 22 heavy (non-hydrogen) atoms. The van der Waals surface area contributed by atoms with E-state index in [9.17, 15) is 4.79 Å². The molecule has 0 radical (unpaired) electrons. The Bertz CT molecular complexity index is 842. The molecular formula is C19H17NO2. The number of nitrogens with one attached hydrogen (secondary N) is 1. The van der Waals surface area contributed by atoms with E-state index >= 15 is 0 Å². The molecular weight excluding hydrogens is 274 g/mol. The summed E-state index contributed by atoms with van der Waals surface area (Å²) in [7, 11) is 1.38. The fourth-order valence-electron chi connectivity index (χ4n) is 2.50. The van der Waals surface area contributed by atoms with Gasteiger partial charge in [0.2, 0.25) is 0 Å². The number of methoxy groups -OCH3 is 1. The Morgan fingerprint density at radius 3 is 2.55 bits per heavy atom. The lowest BCUT2D eigenvalue weighted by Gasteiger charge is -2.02. The average molecular weight is 291 g/mol. The minimum absolute atomic E-state index is 0.361. The SMILES string of the molecule is COC(=O)/C=C/c1c(-c2ccc(C)cc2)[nH]c2ccccc12. The number of carbonyl (C=O) groups is 1. The van der Waals surface area contributed by atoms with Crippen LogP contribution in [0.15, 0.2) is 54.6 Å². The molecule has 0 atom stereocenters. The van der Waals surface area contributed by atoms with E-state index in [1.54, 1.807) is 6.08 Å². The fraction of sp³-hybridized carbons (Fsp3) is 0.105. The van der Waals surface area contributed by atoms with E-state index in [1.165, 1.54) is 18.7 Å². The molecule has 0 unspecified atom stereocenters. The van der Waals surface area contributed by atoms with E-state index in [4.69, 9.17) is 0 Å². The second-order valence-corrected chi connectivity index (χ2v) is 5.18. The Balaban J connectivity index is 2.18. The number of aromatic amines is 1. The first kappa shape index (κ1) is 14.1. The smallest absolute Gasteiger partial charge is 0.330 e. The molecule has 0 aliphatic heterocycles. The summed E-state index contributed by atoms with van der Waals surface area (Å²) in [5.41, 5.74) is 5.34. The molecule has 0 amide bonds. The molecule has 3 aromatic rings. The molecule has 1 aromatic heterocycles. The highest BCUT2D eigenvalue weighted by atomic mass is 16.5. The summed E-state index contributed by atoms with van der Waals surface area (Å²) in [5, 5.41) is 1.08. The van der Waals surface area contributed by atoms with Crippen LogP contribution in [0.4, 0.5) is 0 Å². The van der Waals surface area contributed by atoms with E-state index in [0.29, 0.717) is 0 Å². The lowest BCUT2D eigenvalue weighted by atomic mass is 10.0. The molecule has 0 bridgehead atoms. The predicted octanol–water partition coefficient (Wildman–Crippen LogP) is 4.33. The number of hydrogen-bond acceptors (Lipinski definition) is 2. The van der Waals surface area contributed by atoms with Gasteiger partial charge in [0.15, 0.2) is 0 Å². The first-order chi connectivity index (χ1) is 10.7. The van der Waals surface area contributed by atoms with Crippen LogP contribution in [-0.4, -0.2) is 18.1 Å². The van der Waals surface area contributed by atoms with Gasteiger partial charge in [0.1, 0.15) is 0 Å². The Labute approximate surface area is 129 Å². The Morgan fingerprint density at radius 1 is 1.09 bits per heavy atom. The average Bonchev–Trinajstić information content (AvgIpc) is 2.92. The van der Waals surface area contributed by atoms with Crippen LogP contribution < -0.4 is 0 Å². The number of fused-ring (bicyclic) bond motifs is 1. The number of aromatic nitrogens is 1. The van der Waals surface area contributed by atoms with Crippen molar-refractivity contribution in [2.45, 2.75) is 6.92 Å². The van der Waals surface area contributed by atoms with E-state index in [-0.39, 0.29) is 5.97 Å². The second-order valence-electron chi connectivity index (χ2n) is 5.18. The van der Waals surface area contributed by atoms with Gasteiger partial charge in [-0.2, -0.15) is 0 Å². The van der Waals surface area contributed by atoms with Gasteiger partial charge in [-0.05, 0) is 24.6 Å². The minimum Gasteiger partial charge on any atom is -0.466 e. The minimum atomic E-state index is -0.361. The zero-order valence-electron chi connectivity index (χ0n) is 12.6. The summed E-state index contributed by atoms with van der Waals surface area (Å²) < 4.78 is 4.69. The predicted molar refractivity (Wildman–Crippen MR) is 89.5 cm³/mol. The first-order valence-electron chi connectivity index (χ1n) is 7.13. The van der Waals surface area contributed by atoms with Crippen molar-refractivity contribution in [3.63, 3.8) is 0 Å². The number of rotatable bonds is 3. The van der Waals surface area contributed by atoms with E-state index in [0.717, 1.165) is 27.7 Å². The van der Waals surface area contributed by atoms with Crippen molar-refractivity contribution in [2.75, 3.05) is 7.11 Å². The van der Waals surface area contributed by atoms with Gasteiger partial charge in [-0.25, -0.2) is 4.79 Å². The molecule has 0 fully saturated rings. The molecule has 0 aliphatic carbocycles. The molecule has 0 aliphatic rings. The van der Waals surface area contributed by atoms with Crippen LogP contribution in [0.5, 0.6) is 0 Å². The topological polar surface area (TPSA) is 42.1 Å². The summed E-state index contributed by atoms with van der Waals surface area (Å²) in [6.45, 7) is 2.06. The number of aryl methyl sites for hydroxylation is 1. The monoisotopic (exact) mass is 291 g/mol. The maximum atomic E-state index is 11.4. The van der Waals surface area contributed by atoms with Gasteiger partial charge in [0.25, 0.3) is 0 Å². The lowest BCUT2D eigenvalue weighted by molar-refractivity contribution is -0.134. The van der Waals surface area contributed by atoms with Crippen LogP contribution in [0.25, 0.3) is 28.2 Å². The van der Waals surface area contributed by atoms with Gasteiger partial charge < -0.3 is 9.72 Å². The van der Waals surface area contributed by atoms with Gasteiger partial charge in [0, 0.05) is 22.5 Å². The zero-order chi connectivity index (χ0) is 15.5. The number of para-hydroxylation sites is 1. The van der Waals surface area contributed by atoms with Crippen LogP contribution in [0, 0.1) is 6.92 Å². The van der Waals surface area contributed by atoms with Crippen molar-refractivity contribution < 1.29 is 9.53 Å². The van der Waals surface area contributed by atoms with Crippen LogP contribution in [-0.2, 0) is 9.53 Å². The molecule has 1 heterocycles. The molecule has 3 heteroatoms. The standard InChI is InChI=1S/C19H17NO2/c1-13-7-9-14(10-8-13)19-16(11-12-18(21)22-2)15-5-3-4-6-17(15)20-19/h3-12,20H,1-2H3/b12-11+. The highest BCUT2D eigenvalue weighted by molar-refractivity contribution is 5.99. The summed E-state index contributed by atoms with van der Waals surface area (Å²) >= 11 is 0. The highest BCUT2D eigenvalue weighted by Crippen LogP contribution is 2.31. The van der Waals surface area contributed by atoms with E-state index in [1.807, 2.05) is 24.3 Å². The lowest BCUT2D eigenvalue weighted by Crippen LogP contribution is -1.93. The number of H-pyrrole nitrogens is 1. The number of ether oxygens (including phenoxy) is 1. The third kappa shape index (κ3) is 2.66. The molecule has 110 valence electrons. The Hall–Kier alpha value is -2.81. The van der Waals surface area contributed by atoms with Crippen molar-refractivity contribution in [3.05, 3.63) is 65.7 Å². The summed E-state index contributed by atoms with van der Waals surface area (Å²) in [6.07, 6.45) is 3.26. The molecule has 3 rings (SSSR count). The van der Waals surface area contributed by atoms with Crippen molar-refractivity contribution in [2.24, 2.45) is 0 Å². The Kier molecular flexibility index (Phi) is 3.79. The fourth-order valence-corrected chi connectivity index (χ4v) is 2.50. The maximum absolute atomic E-state index is 11.4.